The van der Waals surface area contributed by atoms with Gasteiger partial charge in [-0.2, -0.15) is 0 Å². The molecule has 1 rings (SSSR count). The zero-order chi connectivity index (χ0) is 13.4. The third kappa shape index (κ3) is 4.30. The van der Waals surface area contributed by atoms with Crippen LogP contribution in [0.5, 0.6) is 0 Å². The monoisotopic (exact) mass is 264 g/mol. The predicted octanol–water partition coefficient (Wildman–Crippen LogP) is 4.07. The van der Waals surface area contributed by atoms with Gasteiger partial charge in [-0.25, -0.2) is 0 Å². The lowest BCUT2D eigenvalue weighted by atomic mass is 10.1. The minimum atomic E-state index is 0.847. The number of anilines is 1. The smallest absolute Gasteiger partial charge is 0.173 e. The molecule has 0 amide bonds. The minimum Gasteiger partial charge on any atom is -0.349 e. The molecule has 0 heterocycles. The second kappa shape index (κ2) is 8.09. The average Bonchev–Trinajstić information content (AvgIpc) is 2.39. The summed E-state index contributed by atoms with van der Waals surface area (Å²) >= 11 is 5.51. The van der Waals surface area contributed by atoms with E-state index in [1.54, 1.807) is 0 Å². The van der Waals surface area contributed by atoms with Gasteiger partial charge < -0.3 is 10.2 Å². The van der Waals surface area contributed by atoms with Crippen LogP contribution in [-0.4, -0.2) is 23.1 Å². The van der Waals surface area contributed by atoms with Crippen LogP contribution in [0.4, 0.5) is 5.69 Å². The molecule has 2 nitrogen and oxygen atoms in total. The Morgan fingerprint density at radius 2 is 1.72 bits per heavy atom. The first-order valence-electron chi connectivity index (χ1n) is 6.86. The van der Waals surface area contributed by atoms with E-state index in [9.17, 15) is 0 Å². The van der Waals surface area contributed by atoms with Crippen molar-refractivity contribution in [3.8, 4) is 0 Å². The molecule has 0 bridgehead atoms. The summed E-state index contributed by atoms with van der Waals surface area (Å²) in [5, 5.41) is 4.24. The number of hydrogen-bond acceptors (Lipinski definition) is 1. The lowest BCUT2D eigenvalue weighted by molar-refractivity contribution is 0.423. The molecule has 0 unspecified atom stereocenters. The highest BCUT2D eigenvalue weighted by molar-refractivity contribution is 7.80. The summed E-state index contributed by atoms with van der Waals surface area (Å²) in [5.74, 6) is 0. The molecule has 1 N–H and O–H groups in total. The largest absolute Gasteiger partial charge is 0.349 e. The van der Waals surface area contributed by atoms with Gasteiger partial charge in [0.05, 0.1) is 0 Å². The van der Waals surface area contributed by atoms with Crippen LogP contribution in [0.2, 0.25) is 0 Å². The van der Waals surface area contributed by atoms with Crippen LogP contribution in [0.25, 0.3) is 0 Å². The van der Waals surface area contributed by atoms with E-state index in [1.807, 2.05) is 6.07 Å². The average molecular weight is 264 g/mol. The number of para-hydroxylation sites is 1. The van der Waals surface area contributed by atoms with E-state index in [0.717, 1.165) is 43.2 Å². The lowest BCUT2D eigenvalue weighted by Gasteiger charge is -2.25. The fourth-order valence-corrected chi connectivity index (χ4v) is 2.29. The molecule has 0 saturated heterocycles. The van der Waals surface area contributed by atoms with E-state index >= 15 is 0 Å². The highest BCUT2D eigenvalue weighted by Crippen LogP contribution is 2.16. The predicted molar refractivity (Wildman–Crippen MR) is 84.2 cm³/mol. The van der Waals surface area contributed by atoms with E-state index < -0.39 is 0 Å². The molecule has 0 radical (unpaired) electrons. The Kier molecular flexibility index (Phi) is 6.73. The van der Waals surface area contributed by atoms with Crippen LogP contribution in [0, 0.1) is 0 Å². The van der Waals surface area contributed by atoms with Crippen molar-refractivity contribution in [2.24, 2.45) is 0 Å². The van der Waals surface area contributed by atoms with Crippen molar-refractivity contribution in [3.63, 3.8) is 0 Å². The third-order valence-electron chi connectivity index (χ3n) is 2.91. The molecule has 0 aliphatic rings. The SMILES string of the molecule is CCCN(CCC)C(=S)Nc1ccccc1CC. The quantitative estimate of drug-likeness (QED) is 0.780. The van der Waals surface area contributed by atoms with E-state index in [0.29, 0.717) is 0 Å². The number of benzene rings is 1. The second-order valence-electron chi connectivity index (χ2n) is 4.43. The van der Waals surface area contributed by atoms with Gasteiger partial charge in [0.15, 0.2) is 5.11 Å². The molecule has 0 aliphatic carbocycles. The summed E-state index contributed by atoms with van der Waals surface area (Å²) in [5.41, 5.74) is 2.45. The lowest BCUT2D eigenvalue weighted by Crippen LogP contribution is -2.36. The molecule has 1 aromatic rings. The molecule has 0 atom stereocenters. The Balaban J connectivity index is 2.72. The molecule has 100 valence electrons. The number of hydrogen-bond donors (Lipinski definition) is 1. The minimum absolute atomic E-state index is 0.847. The molecule has 0 aromatic heterocycles. The van der Waals surface area contributed by atoms with Crippen molar-refractivity contribution < 1.29 is 0 Å². The van der Waals surface area contributed by atoms with Crippen LogP contribution in [0.15, 0.2) is 24.3 Å². The van der Waals surface area contributed by atoms with Gasteiger partial charge in [0.1, 0.15) is 0 Å². The van der Waals surface area contributed by atoms with Crippen LogP contribution in [0.3, 0.4) is 0 Å². The fraction of sp³-hybridized carbons (Fsp3) is 0.533. The maximum atomic E-state index is 5.51. The number of nitrogens with one attached hydrogen (secondary N) is 1. The van der Waals surface area contributed by atoms with Gasteiger partial charge in [-0.15, -0.1) is 0 Å². The van der Waals surface area contributed by atoms with E-state index in [4.69, 9.17) is 12.2 Å². The summed E-state index contributed by atoms with van der Waals surface area (Å²) in [6.45, 7) is 8.58. The van der Waals surface area contributed by atoms with Crippen molar-refractivity contribution in [2.75, 3.05) is 18.4 Å². The van der Waals surface area contributed by atoms with Gasteiger partial charge in [0.25, 0.3) is 0 Å². The Hall–Kier alpha value is -1.09. The van der Waals surface area contributed by atoms with Crippen molar-refractivity contribution in [3.05, 3.63) is 29.8 Å². The van der Waals surface area contributed by atoms with Crippen molar-refractivity contribution >= 4 is 23.0 Å². The third-order valence-corrected chi connectivity index (χ3v) is 3.27. The number of thiocarbonyl (C=S) groups is 1. The molecule has 18 heavy (non-hydrogen) atoms. The van der Waals surface area contributed by atoms with Crippen LogP contribution in [-0.2, 0) is 6.42 Å². The van der Waals surface area contributed by atoms with Crippen molar-refractivity contribution in [1.29, 1.82) is 0 Å². The summed E-state index contributed by atoms with van der Waals surface area (Å²) in [7, 11) is 0. The summed E-state index contributed by atoms with van der Waals surface area (Å²) in [6, 6.07) is 8.37. The first kappa shape index (κ1) is 15.0. The topological polar surface area (TPSA) is 15.3 Å². The molecule has 3 heteroatoms. The zero-order valence-corrected chi connectivity index (χ0v) is 12.5. The van der Waals surface area contributed by atoms with Crippen LogP contribution < -0.4 is 5.32 Å². The van der Waals surface area contributed by atoms with Gasteiger partial charge in [0.2, 0.25) is 0 Å². The van der Waals surface area contributed by atoms with Crippen molar-refractivity contribution in [1.82, 2.24) is 4.90 Å². The van der Waals surface area contributed by atoms with E-state index in [-0.39, 0.29) is 0 Å². The zero-order valence-electron chi connectivity index (χ0n) is 11.7. The Morgan fingerprint density at radius 1 is 1.11 bits per heavy atom. The molecular weight excluding hydrogens is 240 g/mol. The van der Waals surface area contributed by atoms with Crippen molar-refractivity contribution in [2.45, 2.75) is 40.0 Å². The molecule has 0 spiro atoms. The summed E-state index contributed by atoms with van der Waals surface area (Å²) in [4.78, 5) is 2.25. The van der Waals surface area contributed by atoms with Crippen LogP contribution >= 0.6 is 12.2 Å². The number of nitrogens with zero attached hydrogens (tertiary/aromatic N) is 1. The highest BCUT2D eigenvalue weighted by atomic mass is 32.1. The molecule has 0 saturated carbocycles. The second-order valence-corrected chi connectivity index (χ2v) is 4.81. The molecule has 1 aromatic carbocycles. The van der Waals surface area contributed by atoms with Gasteiger partial charge in [-0.3, -0.25) is 0 Å². The highest BCUT2D eigenvalue weighted by Gasteiger charge is 2.09. The maximum Gasteiger partial charge on any atom is 0.173 e. The maximum absolute atomic E-state index is 5.51. The van der Waals surface area contributed by atoms with Gasteiger partial charge in [-0.05, 0) is 43.1 Å². The Labute approximate surface area is 116 Å². The van der Waals surface area contributed by atoms with Gasteiger partial charge >= 0.3 is 0 Å². The Bertz CT molecular complexity index is 371. The fourth-order valence-electron chi connectivity index (χ4n) is 2.00. The summed E-state index contributed by atoms with van der Waals surface area (Å²) < 4.78 is 0. The molecule has 0 aliphatic heterocycles. The number of rotatable bonds is 6. The van der Waals surface area contributed by atoms with Gasteiger partial charge in [-0.1, -0.05) is 39.0 Å². The summed E-state index contributed by atoms with van der Waals surface area (Å²) in [6.07, 6.45) is 3.27. The van der Waals surface area contributed by atoms with Crippen LogP contribution in [0.1, 0.15) is 39.2 Å². The van der Waals surface area contributed by atoms with E-state index in [2.05, 4.69) is 49.2 Å². The van der Waals surface area contributed by atoms with E-state index in [1.165, 1.54) is 5.56 Å². The Morgan fingerprint density at radius 3 is 2.28 bits per heavy atom. The molecule has 0 fully saturated rings. The molecular formula is C15H24N2S. The normalized spacial score (nSPS) is 10.2. The van der Waals surface area contributed by atoms with Gasteiger partial charge in [0, 0.05) is 18.8 Å². The number of aryl methyl sites for hydroxylation is 1. The first-order chi connectivity index (χ1) is 8.72. The standard InChI is InChI=1S/C15H24N2S/c1-4-11-17(12-5-2)15(18)16-14-10-8-7-9-13(14)6-3/h7-10H,4-6,11-12H2,1-3H3,(H,16,18). The first-order valence-corrected chi connectivity index (χ1v) is 7.27.